The lowest BCUT2D eigenvalue weighted by Crippen LogP contribution is -2.07. The van der Waals surface area contributed by atoms with E-state index in [9.17, 15) is 4.79 Å². The summed E-state index contributed by atoms with van der Waals surface area (Å²) in [5.41, 5.74) is 3.54. The Morgan fingerprint density at radius 3 is 2.60 bits per heavy atom. The minimum atomic E-state index is -0.486. The molecule has 2 aromatic heterocycles. The molecule has 4 aromatic rings. The van der Waals surface area contributed by atoms with Crippen LogP contribution < -0.4 is 4.74 Å². The number of rotatable bonds is 6. The fourth-order valence-electron chi connectivity index (χ4n) is 3.18. The van der Waals surface area contributed by atoms with Crippen LogP contribution in [0.15, 0.2) is 60.7 Å². The molecule has 0 aliphatic rings. The van der Waals surface area contributed by atoms with Gasteiger partial charge in [-0.15, -0.1) is 0 Å². The second-order valence-electron chi connectivity index (χ2n) is 6.80. The number of imidazole rings is 1. The molecule has 0 radical (unpaired) electrons. The van der Waals surface area contributed by atoms with Crippen LogP contribution in [0.3, 0.4) is 0 Å². The van der Waals surface area contributed by atoms with Crippen molar-refractivity contribution in [3.63, 3.8) is 0 Å². The van der Waals surface area contributed by atoms with Crippen molar-refractivity contribution in [3.8, 4) is 5.75 Å². The first-order valence-electron chi connectivity index (χ1n) is 9.42. The summed E-state index contributed by atoms with van der Waals surface area (Å²) in [6.45, 7) is 2.84. The number of ether oxygens (including phenoxy) is 2. The Labute approximate surface area is 179 Å². The number of halogens is 1. The minimum absolute atomic E-state index is 0.238. The van der Waals surface area contributed by atoms with Crippen molar-refractivity contribution in [1.82, 2.24) is 14.5 Å². The number of carbonyl (C=O) groups excluding carboxylic acids is 1. The van der Waals surface area contributed by atoms with E-state index in [2.05, 4.69) is 9.97 Å². The predicted molar refractivity (Wildman–Crippen MR) is 115 cm³/mol. The lowest BCUT2D eigenvalue weighted by atomic mass is 10.2. The highest BCUT2D eigenvalue weighted by atomic mass is 35.5. The maximum absolute atomic E-state index is 11.8. The van der Waals surface area contributed by atoms with Gasteiger partial charge in [0.2, 0.25) is 0 Å². The highest BCUT2D eigenvalue weighted by Crippen LogP contribution is 2.26. The Hall–Kier alpha value is -3.38. The van der Waals surface area contributed by atoms with Gasteiger partial charge in [0.15, 0.2) is 11.3 Å². The SMILES string of the molecule is COC(=O)c1ccc2nc(C)n(Cc3ccc(OCc4ccccc4)cc3Cl)c2n1. The van der Waals surface area contributed by atoms with Crippen LogP contribution in [0.25, 0.3) is 11.2 Å². The zero-order chi connectivity index (χ0) is 21.1. The van der Waals surface area contributed by atoms with Crippen LogP contribution in [0.2, 0.25) is 5.02 Å². The molecule has 0 atom stereocenters. The molecule has 30 heavy (non-hydrogen) atoms. The van der Waals surface area contributed by atoms with Crippen LogP contribution in [0.4, 0.5) is 0 Å². The monoisotopic (exact) mass is 421 g/mol. The van der Waals surface area contributed by atoms with E-state index in [0.717, 1.165) is 17.0 Å². The van der Waals surface area contributed by atoms with Crippen molar-refractivity contribution in [2.45, 2.75) is 20.1 Å². The Bertz CT molecular complexity index is 1210. The van der Waals surface area contributed by atoms with Gasteiger partial charge in [0.1, 0.15) is 23.7 Å². The van der Waals surface area contributed by atoms with E-state index < -0.39 is 5.97 Å². The number of fused-ring (bicyclic) bond motifs is 1. The van der Waals surface area contributed by atoms with Gasteiger partial charge in [0.05, 0.1) is 13.7 Å². The van der Waals surface area contributed by atoms with Crippen LogP contribution in [0, 0.1) is 6.92 Å². The Morgan fingerprint density at radius 1 is 1.07 bits per heavy atom. The topological polar surface area (TPSA) is 66.2 Å². The van der Waals surface area contributed by atoms with E-state index >= 15 is 0 Å². The van der Waals surface area contributed by atoms with E-state index in [1.165, 1.54) is 7.11 Å². The standard InChI is InChI=1S/C23H20ClN3O3/c1-15-25-20-10-11-21(23(28)29-2)26-22(20)27(15)13-17-8-9-18(12-19(17)24)30-14-16-6-4-3-5-7-16/h3-12H,13-14H2,1-2H3. The first-order valence-corrected chi connectivity index (χ1v) is 9.80. The van der Waals surface area contributed by atoms with E-state index in [1.54, 1.807) is 12.1 Å². The number of hydrogen-bond acceptors (Lipinski definition) is 5. The Balaban J connectivity index is 1.57. The molecule has 4 rings (SSSR count). The number of hydrogen-bond donors (Lipinski definition) is 0. The maximum atomic E-state index is 11.8. The average Bonchev–Trinajstić information content (AvgIpc) is 3.08. The van der Waals surface area contributed by atoms with Gasteiger partial charge >= 0.3 is 5.97 Å². The average molecular weight is 422 g/mol. The Morgan fingerprint density at radius 2 is 1.87 bits per heavy atom. The Kier molecular flexibility index (Phi) is 5.68. The van der Waals surface area contributed by atoms with Crippen LogP contribution in [0.1, 0.15) is 27.4 Å². The number of carbonyl (C=O) groups is 1. The van der Waals surface area contributed by atoms with Crippen molar-refractivity contribution >= 4 is 28.7 Å². The fourth-order valence-corrected chi connectivity index (χ4v) is 3.41. The molecular weight excluding hydrogens is 402 g/mol. The molecule has 0 N–H and O–H groups in total. The molecule has 0 fully saturated rings. The van der Waals surface area contributed by atoms with Crippen molar-refractivity contribution in [3.05, 3.63) is 88.3 Å². The predicted octanol–water partition coefficient (Wildman–Crippen LogP) is 4.81. The van der Waals surface area contributed by atoms with Gasteiger partial charge in [0, 0.05) is 5.02 Å². The molecule has 0 aliphatic carbocycles. The molecule has 0 bridgehead atoms. The van der Waals surface area contributed by atoms with Crippen LogP contribution in [-0.2, 0) is 17.9 Å². The second kappa shape index (κ2) is 8.55. The number of aryl methyl sites for hydroxylation is 1. The smallest absolute Gasteiger partial charge is 0.356 e. The van der Waals surface area contributed by atoms with Crippen molar-refractivity contribution in [1.29, 1.82) is 0 Å². The van der Waals surface area contributed by atoms with Crippen LogP contribution in [-0.4, -0.2) is 27.6 Å². The van der Waals surface area contributed by atoms with E-state index in [4.69, 9.17) is 21.1 Å². The maximum Gasteiger partial charge on any atom is 0.356 e. The molecule has 0 saturated carbocycles. The number of pyridine rings is 1. The lowest BCUT2D eigenvalue weighted by molar-refractivity contribution is 0.0594. The second-order valence-corrected chi connectivity index (χ2v) is 7.21. The van der Waals surface area contributed by atoms with Gasteiger partial charge in [-0.1, -0.05) is 48.0 Å². The first-order chi connectivity index (χ1) is 14.5. The quantitative estimate of drug-likeness (QED) is 0.418. The molecule has 152 valence electrons. The zero-order valence-corrected chi connectivity index (χ0v) is 17.4. The normalized spacial score (nSPS) is 10.9. The molecule has 0 spiro atoms. The van der Waals surface area contributed by atoms with E-state index in [-0.39, 0.29) is 5.69 Å². The number of aromatic nitrogens is 3. The molecule has 0 amide bonds. The van der Waals surface area contributed by atoms with E-state index in [0.29, 0.717) is 35.1 Å². The summed E-state index contributed by atoms with van der Waals surface area (Å²) < 4.78 is 12.5. The van der Waals surface area contributed by atoms with Crippen molar-refractivity contribution in [2.24, 2.45) is 0 Å². The first kappa shape index (κ1) is 19.9. The van der Waals surface area contributed by atoms with Gasteiger partial charge in [-0.25, -0.2) is 14.8 Å². The van der Waals surface area contributed by atoms with Gasteiger partial charge in [-0.2, -0.15) is 0 Å². The lowest BCUT2D eigenvalue weighted by Gasteiger charge is -2.11. The number of nitrogens with zero attached hydrogens (tertiary/aromatic N) is 3. The van der Waals surface area contributed by atoms with Gasteiger partial charge in [-0.05, 0) is 42.3 Å². The number of methoxy groups -OCH3 is 1. The molecular formula is C23H20ClN3O3. The summed E-state index contributed by atoms with van der Waals surface area (Å²) in [5.74, 6) is 0.992. The number of benzene rings is 2. The number of esters is 1. The summed E-state index contributed by atoms with van der Waals surface area (Å²) in [6.07, 6.45) is 0. The molecule has 0 unspecified atom stereocenters. The molecule has 0 saturated heterocycles. The van der Waals surface area contributed by atoms with Crippen LogP contribution in [0.5, 0.6) is 5.75 Å². The van der Waals surface area contributed by atoms with Gasteiger partial charge in [0.25, 0.3) is 0 Å². The van der Waals surface area contributed by atoms with Crippen molar-refractivity contribution < 1.29 is 14.3 Å². The summed E-state index contributed by atoms with van der Waals surface area (Å²) in [6, 6.07) is 19.0. The van der Waals surface area contributed by atoms with Gasteiger partial charge < -0.3 is 14.0 Å². The molecule has 6 nitrogen and oxygen atoms in total. The molecule has 2 heterocycles. The third-order valence-corrected chi connectivity index (χ3v) is 5.13. The zero-order valence-electron chi connectivity index (χ0n) is 16.6. The summed E-state index contributed by atoms with van der Waals surface area (Å²) in [7, 11) is 1.33. The largest absolute Gasteiger partial charge is 0.489 e. The minimum Gasteiger partial charge on any atom is -0.489 e. The van der Waals surface area contributed by atoms with Crippen molar-refractivity contribution in [2.75, 3.05) is 7.11 Å². The third kappa shape index (κ3) is 4.14. The highest BCUT2D eigenvalue weighted by Gasteiger charge is 2.15. The molecule has 0 aliphatic heterocycles. The van der Waals surface area contributed by atoms with Crippen LogP contribution >= 0.6 is 11.6 Å². The third-order valence-electron chi connectivity index (χ3n) is 4.78. The summed E-state index contributed by atoms with van der Waals surface area (Å²) in [5, 5.41) is 0.589. The molecule has 2 aromatic carbocycles. The van der Waals surface area contributed by atoms with E-state index in [1.807, 2.05) is 60.0 Å². The highest BCUT2D eigenvalue weighted by molar-refractivity contribution is 6.31. The van der Waals surface area contributed by atoms with Gasteiger partial charge in [-0.3, -0.25) is 0 Å². The summed E-state index contributed by atoms with van der Waals surface area (Å²) in [4.78, 5) is 20.8. The summed E-state index contributed by atoms with van der Waals surface area (Å²) >= 11 is 6.53. The molecule has 7 heteroatoms. The fraction of sp³-hybridized carbons (Fsp3) is 0.174.